The molecule has 0 saturated carbocycles. The molecular weight excluding hydrogens is 254 g/mol. The van der Waals surface area contributed by atoms with Crippen molar-refractivity contribution in [1.82, 2.24) is 5.32 Å². The molecule has 0 aliphatic rings. The van der Waals surface area contributed by atoms with Crippen LogP contribution in [-0.2, 0) is 20.7 Å². The summed E-state index contributed by atoms with van der Waals surface area (Å²) in [5, 5.41) is 2.73. The standard InChI is InChI=1S/C16H23NO3/c1-14(18)17-12-7-3-6-10-16(19)20-13-11-15-8-4-2-5-9-15/h2,4-5,8-9H,3,6-7,10-13H2,1H3,(H,17,18). The molecule has 1 N–H and O–H groups in total. The van der Waals surface area contributed by atoms with Crippen molar-refractivity contribution >= 4 is 11.9 Å². The van der Waals surface area contributed by atoms with E-state index in [2.05, 4.69) is 5.32 Å². The van der Waals surface area contributed by atoms with E-state index in [1.54, 1.807) is 0 Å². The molecule has 0 atom stereocenters. The third kappa shape index (κ3) is 8.29. The molecule has 0 bridgehead atoms. The Bertz CT molecular complexity index is 403. The largest absolute Gasteiger partial charge is 0.465 e. The van der Waals surface area contributed by atoms with Gasteiger partial charge in [0, 0.05) is 26.3 Å². The summed E-state index contributed by atoms with van der Waals surface area (Å²) in [7, 11) is 0. The zero-order chi connectivity index (χ0) is 14.6. The van der Waals surface area contributed by atoms with Gasteiger partial charge in [-0.1, -0.05) is 36.8 Å². The van der Waals surface area contributed by atoms with Gasteiger partial charge in [-0.25, -0.2) is 0 Å². The molecule has 0 aliphatic heterocycles. The highest BCUT2D eigenvalue weighted by Gasteiger charge is 2.02. The molecular formula is C16H23NO3. The molecule has 0 aliphatic carbocycles. The number of unbranched alkanes of at least 4 members (excludes halogenated alkanes) is 2. The Morgan fingerprint density at radius 3 is 2.55 bits per heavy atom. The first-order valence-corrected chi connectivity index (χ1v) is 7.12. The van der Waals surface area contributed by atoms with Crippen molar-refractivity contribution in [3.05, 3.63) is 35.9 Å². The normalized spacial score (nSPS) is 10.1. The van der Waals surface area contributed by atoms with Crippen molar-refractivity contribution in [3.8, 4) is 0 Å². The predicted octanol–water partition coefficient (Wildman–Crippen LogP) is 2.47. The molecule has 4 heteroatoms. The van der Waals surface area contributed by atoms with Crippen LogP contribution >= 0.6 is 0 Å². The lowest BCUT2D eigenvalue weighted by Gasteiger charge is -2.05. The first kappa shape index (κ1) is 16.2. The van der Waals surface area contributed by atoms with E-state index in [0.717, 1.165) is 25.7 Å². The lowest BCUT2D eigenvalue weighted by atomic mass is 10.2. The summed E-state index contributed by atoms with van der Waals surface area (Å²) in [6.07, 6.45) is 3.85. The van der Waals surface area contributed by atoms with Gasteiger partial charge in [-0.05, 0) is 18.4 Å². The van der Waals surface area contributed by atoms with E-state index in [4.69, 9.17) is 4.74 Å². The van der Waals surface area contributed by atoms with E-state index in [1.807, 2.05) is 30.3 Å². The summed E-state index contributed by atoms with van der Waals surface area (Å²) in [5.41, 5.74) is 1.18. The number of carbonyl (C=O) groups excluding carboxylic acids is 2. The van der Waals surface area contributed by atoms with E-state index >= 15 is 0 Å². The number of amides is 1. The second-order valence-electron chi connectivity index (χ2n) is 4.75. The zero-order valence-corrected chi connectivity index (χ0v) is 12.1. The van der Waals surface area contributed by atoms with Crippen LogP contribution in [0.3, 0.4) is 0 Å². The lowest BCUT2D eigenvalue weighted by molar-refractivity contribution is -0.143. The van der Waals surface area contributed by atoms with Crippen LogP contribution in [-0.4, -0.2) is 25.0 Å². The number of benzene rings is 1. The topological polar surface area (TPSA) is 55.4 Å². The Morgan fingerprint density at radius 1 is 1.10 bits per heavy atom. The van der Waals surface area contributed by atoms with E-state index in [1.165, 1.54) is 12.5 Å². The smallest absolute Gasteiger partial charge is 0.305 e. The molecule has 0 aromatic heterocycles. The molecule has 0 heterocycles. The molecule has 0 fully saturated rings. The quantitative estimate of drug-likeness (QED) is 0.557. The molecule has 1 aromatic carbocycles. The van der Waals surface area contributed by atoms with E-state index in [-0.39, 0.29) is 11.9 Å². The highest BCUT2D eigenvalue weighted by molar-refractivity contribution is 5.72. The minimum Gasteiger partial charge on any atom is -0.465 e. The summed E-state index contributed by atoms with van der Waals surface area (Å²) in [6, 6.07) is 9.97. The Kier molecular flexibility index (Phi) is 8.11. The highest BCUT2D eigenvalue weighted by Crippen LogP contribution is 2.03. The monoisotopic (exact) mass is 277 g/mol. The number of nitrogens with one attached hydrogen (secondary N) is 1. The zero-order valence-electron chi connectivity index (χ0n) is 12.1. The van der Waals surface area contributed by atoms with Crippen LogP contribution in [0.4, 0.5) is 0 Å². The second kappa shape index (κ2) is 10.0. The fraction of sp³-hybridized carbons (Fsp3) is 0.500. The molecule has 4 nitrogen and oxygen atoms in total. The Morgan fingerprint density at radius 2 is 1.85 bits per heavy atom. The van der Waals surface area contributed by atoms with Gasteiger partial charge >= 0.3 is 5.97 Å². The first-order chi connectivity index (χ1) is 9.68. The summed E-state index contributed by atoms with van der Waals surface area (Å²) in [5.74, 6) is -0.147. The number of hydrogen-bond acceptors (Lipinski definition) is 3. The fourth-order valence-electron chi connectivity index (χ4n) is 1.84. The maximum Gasteiger partial charge on any atom is 0.305 e. The SMILES string of the molecule is CC(=O)NCCCCCC(=O)OCCc1ccccc1. The van der Waals surface area contributed by atoms with E-state index in [9.17, 15) is 9.59 Å². The van der Waals surface area contributed by atoms with Crippen LogP contribution in [0.15, 0.2) is 30.3 Å². The van der Waals surface area contributed by atoms with E-state index < -0.39 is 0 Å². The third-order valence-electron chi connectivity index (χ3n) is 2.93. The first-order valence-electron chi connectivity index (χ1n) is 7.12. The molecule has 0 saturated heterocycles. The van der Waals surface area contributed by atoms with Crippen LogP contribution in [0, 0.1) is 0 Å². The van der Waals surface area contributed by atoms with Gasteiger partial charge in [-0.2, -0.15) is 0 Å². The summed E-state index contributed by atoms with van der Waals surface area (Å²) in [6.45, 7) is 2.62. The lowest BCUT2D eigenvalue weighted by Crippen LogP contribution is -2.20. The van der Waals surface area contributed by atoms with Crippen LogP contribution < -0.4 is 5.32 Å². The van der Waals surface area contributed by atoms with Gasteiger partial charge in [-0.3, -0.25) is 9.59 Å². The molecule has 20 heavy (non-hydrogen) atoms. The van der Waals surface area contributed by atoms with Gasteiger partial charge in [0.05, 0.1) is 6.61 Å². The number of esters is 1. The second-order valence-corrected chi connectivity index (χ2v) is 4.75. The summed E-state index contributed by atoms with van der Waals surface area (Å²) in [4.78, 5) is 22.1. The van der Waals surface area contributed by atoms with Crippen molar-refractivity contribution in [2.75, 3.05) is 13.2 Å². The van der Waals surface area contributed by atoms with Gasteiger partial charge in [0.25, 0.3) is 0 Å². The van der Waals surface area contributed by atoms with Crippen molar-refractivity contribution in [1.29, 1.82) is 0 Å². The Labute approximate surface area is 120 Å². The summed E-state index contributed by atoms with van der Waals surface area (Å²) >= 11 is 0. The van der Waals surface area contributed by atoms with E-state index in [0.29, 0.717) is 19.6 Å². The van der Waals surface area contributed by atoms with Gasteiger partial charge < -0.3 is 10.1 Å². The van der Waals surface area contributed by atoms with Gasteiger partial charge in [0.15, 0.2) is 0 Å². The minimum atomic E-state index is -0.138. The van der Waals surface area contributed by atoms with Crippen molar-refractivity contribution < 1.29 is 14.3 Å². The van der Waals surface area contributed by atoms with Crippen molar-refractivity contribution in [3.63, 3.8) is 0 Å². The third-order valence-corrected chi connectivity index (χ3v) is 2.93. The molecule has 0 unspecified atom stereocenters. The Balaban J connectivity index is 1.97. The van der Waals surface area contributed by atoms with Crippen molar-refractivity contribution in [2.24, 2.45) is 0 Å². The minimum absolute atomic E-state index is 0.00896. The van der Waals surface area contributed by atoms with Crippen molar-refractivity contribution in [2.45, 2.75) is 39.0 Å². The highest BCUT2D eigenvalue weighted by atomic mass is 16.5. The average Bonchev–Trinajstić information content (AvgIpc) is 2.43. The number of hydrogen-bond donors (Lipinski definition) is 1. The van der Waals surface area contributed by atoms with Gasteiger partial charge in [-0.15, -0.1) is 0 Å². The average molecular weight is 277 g/mol. The molecule has 1 aromatic rings. The maximum absolute atomic E-state index is 11.5. The van der Waals surface area contributed by atoms with Crippen LogP contribution in [0.1, 0.15) is 38.2 Å². The molecule has 0 radical (unpaired) electrons. The number of carbonyl (C=O) groups is 2. The van der Waals surface area contributed by atoms with Crippen LogP contribution in [0.25, 0.3) is 0 Å². The van der Waals surface area contributed by atoms with Crippen LogP contribution in [0.2, 0.25) is 0 Å². The predicted molar refractivity (Wildman–Crippen MR) is 78.3 cm³/mol. The molecule has 1 rings (SSSR count). The van der Waals surface area contributed by atoms with Gasteiger partial charge in [0.2, 0.25) is 5.91 Å². The molecule has 0 spiro atoms. The molecule has 1 amide bonds. The summed E-state index contributed by atoms with van der Waals surface area (Å²) < 4.78 is 5.18. The van der Waals surface area contributed by atoms with Crippen LogP contribution in [0.5, 0.6) is 0 Å². The number of rotatable bonds is 9. The molecule has 110 valence electrons. The number of ether oxygens (including phenoxy) is 1. The maximum atomic E-state index is 11.5. The fourth-order valence-corrected chi connectivity index (χ4v) is 1.84. The van der Waals surface area contributed by atoms with Gasteiger partial charge in [0.1, 0.15) is 0 Å². The Hall–Kier alpha value is -1.84.